The molecular formula is C16H16BrN3O4S. The molecule has 25 heavy (non-hydrogen) atoms. The maximum absolute atomic E-state index is 11.9. The lowest BCUT2D eigenvalue weighted by atomic mass is 10.1. The summed E-state index contributed by atoms with van der Waals surface area (Å²) >= 11 is 3.30. The van der Waals surface area contributed by atoms with Gasteiger partial charge >= 0.3 is 0 Å². The first-order chi connectivity index (χ1) is 11.7. The van der Waals surface area contributed by atoms with Crippen molar-refractivity contribution in [1.29, 1.82) is 0 Å². The van der Waals surface area contributed by atoms with E-state index in [0.29, 0.717) is 11.3 Å². The molecule has 0 spiro atoms. The molecule has 0 fully saturated rings. The average Bonchev–Trinajstić information content (AvgIpc) is 2.55. The van der Waals surface area contributed by atoms with Crippen LogP contribution in [0.2, 0.25) is 0 Å². The van der Waals surface area contributed by atoms with Crippen LogP contribution in [0, 0.1) is 0 Å². The molecule has 0 atom stereocenters. The Balaban J connectivity index is 1.82. The van der Waals surface area contributed by atoms with Crippen LogP contribution >= 0.6 is 15.9 Å². The number of sulfonamides is 1. The van der Waals surface area contributed by atoms with Crippen molar-refractivity contribution < 1.29 is 18.0 Å². The highest BCUT2D eigenvalue weighted by atomic mass is 79.9. The fourth-order valence-corrected chi connectivity index (χ4v) is 2.74. The molecule has 0 unspecified atom stereocenters. The smallest absolute Gasteiger partial charge is 0.243 e. The van der Waals surface area contributed by atoms with Gasteiger partial charge in [0.05, 0.1) is 17.9 Å². The highest BCUT2D eigenvalue weighted by Crippen LogP contribution is 2.13. The summed E-state index contributed by atoms with van der Waals surface area (Å²) in [6, 6.07) is 12.7. The summed E-state index contributed by atoms with van der Waals surface area (Å²) in [6.07, 6.45) is 0.0243. The van der Waals surface area contributed by atoms with Gasteiger partial charge in [-0.3, -0.25) is 9.59 Å². The first-order valence-corrected chi connectivity index (χ1v) is 9.52. The molecule has 4 N–H and O–H groups in total. The lowest BCUT2D eigenvalue weighted by molar-refractivity contribution is -0.123. The molecule has 2 rings (SSSR count). The van der Waals surface area contributed by atoms with E-state index in [9.17, 15) is 18.0 Å². The van der Waals surface area contributed by atoms with Gasteiger partial charge < -0.3 is 10.6 Å². The topological polar surface area (TPSA) is 118 Å². The van der Waals surface area contributed by atoms with Gasteiger partial charge in [-0.05, 0) is 42.0 Å². The van der Waals surface area contributed by atoms with Crippen LogP contribution in [-0.4, -0.2) is 26.8 Å². The van der Waals surface area contributed by atoms with Crippen molar-refractivity contribution >= 4 is 43.5 Å². The van der Waals surface area contributed by atoms with Crippen LogP contribution in [0.1, 0.15) is 5.56 Å². The zero-order valence-corrected chi connectivity index (χ0v) is 15.4. The van der Waals surface area contributed by atoms with E-state index in [2.05, 4.69) is 26.6 Å². The molecule has 0 aromatic heterocycles. The van der Waals surface area contributed by atoms with E-state index in [0.717, 1.165) is 4.47 Å². The number of primary sulfonamides is 1. The summed E-state index contributed by atoms with van der Waals surface area (Å²) in [5.41, 5.74) is 1.24. The summed E-state index contributed by atoms with van der Waals surface area (Å²) in [5, 5.41) is 10.2. The number of carbonyl (C=O) groups is 2. The minimum Gasteiger partial charge on any atom is -0.347 e. The molecule has 0 saturated heterocycles. The predicted molar refractivity (Wildman–Crippen MR) is 97.3 cm³/mol. The van der Waals surface area contributed by atoms with E-state index < -0.39 is 10.0 Å². The van der Waals surface area contributed by atoms with Gasteiger partial charge in [-0.25, -0.2) is 13.6 Å². The van der Waals surface area contributed by atoms with Crippen molar-refractivity contribution in [1.82, 2.24) is 5.32 Å². The van der Waals surface area contributed by atoms with E-state index in [1.54, 1.807) is 24.3 Å². The van der Waals surface area contributed by atoms with Gasteiger partial charge in [0.2, 0.25) is 21.8 Å². The molecular weight excluding hydrogens is 410 g/mol. The number of benzene rings is 2. The first kappa shape index (κ1) is 19.1. The third-order valence-corrected chi connectivity index (χ3v) is 4.65. The third-order valence-electron chi connectivity index (χ3n) is 3.19. The Morgan fingerprint density at radius 2 is 1.56 bits per heavy atom. The van der Waals surface area contributed by atoms with Crippen molar-refractivity contribution in [2.75, 3.05) is 11.9 Å². The summed E-state index contributed by atoms with van der Waals surface area (Å²) in [7, 11) is -3.76. The van der Waals surface area contributed by atoms with Gasteiger partial charge in [-0.15, -0.1) is 0 Å². The van der Waals surface area contributed by atoms with E-state index in [-0.39, 0.29) is 29.7 Å². The number of amides is 2. The lowest BCUT2D eigenvalue weighted by Crippen LogP contribution is -2.33. The highest BCUT2D eigenvalue weighted by molar-refractivity contribution is 9.10. The summed E-state index contributed by atoms with van der Waals surface area (Å²) in [4.78, 5) is 23.6. The van der Waals surface area contributed by atoms with Gasteiger partial charge in [0.15, 0.2) is 0 Å². The molecule has 0 heterocycles. The standard InChI is InChI=1S/C16H16BrN3O4S/c17-12-3-5-13(6-4-12)20-16(22)10-19-15(21)9-11-1-7-14(8-2-11)25(18,23)24/h1-8H,9-10H2,(H,19,21)(H,20,22)(H2,18,23,24). The second-order valence-corrected chi connectivity index (χ2v) is 7.67. The number of carbonyl (C=O) groups excluding carboxylic acids is 2. The zero-order valence-electron chi connectivity index (χ0n) is 13.0. The molecule has 0 saturated carbocycles. The van der Waals surface area contributed by atoms with Gasteiger partial charge in [-0.2, -0.15) is 0 Å². The van der Waals surface area contributed by atoms with E-state index in [1.165, 1.54) is 24.3 Å². The maximum Gasteiger partial charge on any atom is 0.243 e. The van der Waals surface area contributed by atoms with Crippen LogP contribution in [0.15, 0.2) is 57.9 Å². The van der Waals surface area contributed by atoms with Crippen molar-refractivity contribution in [3.63, 3.8) is 0 Å². The number of nitrogens with one attached hydrogen (secondary N) is 2. The Kier molecular flexibility index (Phi) is 6.29. The molecule has 2 amide bonds. The number of halogens is 1. The number of hydrogen-bond donors (Lipinski definition) is 3. The molecule has 0 bridgehead atoms. The lowest BCUT2D eigenvalue weighted by Gasteiger charge is -2.07. The van der Waals surface area contributed by atoms with Gasteiger partial charge in [-0.1, -0.05) is 28.1 Å². The van der Waals surface area contributed by atoms with Crippen molar-refractivity contribution in [2.24, 2.45) is 5.14 Å². The van der Waals surface area contributed by atoms with E-state index in [4.69, 9.17) is 5.14 Å². The van der Waals surface area contributed by atoms with Gasteiger partial charge in [0, 0.05) is 10.2 Å². The minimum atomic E-state index is -3.76. The fraction of sp³-hybridized carbons (Fsp3) is 0.125. The summed E-state index contributed by atoms with van der Waals surface area (Å²) in [6.45, 7) is -0.163. The van der Waals surface area contributed by atoms with Crippen molar-refractivity contribution in [3.8, 4) is 0 Å². The molecule has 0 aliphatic heterocycles. The second kappa shape index (κ2) is 8.24. The van der Waals surface area contributed by atoms with Gasteiger partial charge in [0.25, 0.3) is 0 Å². The van der Waals surface area contributed by atoms with Crippen molar-refractivity contribution in [3.05, 3.63) is 58.6 Å². The molecule has 9 heteroatoms. The Morgan fingerprint density at radius 1 is 0.960 bits per heavy atom. The number of rotatable bonds is 6. The first-order valence-electron chi connectivity index (χ1n) is 7.18. The molecule has 0 aliphatic rings. The molecule has 0 radical (unpaired) electrons. The van der Waals surface area contributed by atoms with Crippen LogP contribution in [0.25, 0.3) is 0 Å². The van der Waals surface area contributed by atoms with E-state index >= 15 is 0 Å². The monoisotopic (exact) mass is 425 g/mol. The Hall–Kier alpha value is -2.23. The van der Waals surface area contributed by atoms with Crippen molar-refractivity contribution in [2.45, 2.75) is 11.3 Å². The van der Waals surface area contributed by atoms with Crippen LogP contribution in [0.3, 0.4) is 0 Å². The summed E-state index contributed by atoms with van der Waals surface area (Å²) < 4.78 is 23.2. The van der Waals surface area contributed by atoms with Crippen LogP contribution < -0.4 is 15.8 Å². The highest BCUT2D eigenvalue weighted by Gasteiger charge is 2.10. The average molecular weight is 426 g/mol. The Labute approximate surface area is 153 Å². The Bertz CT molecular complexity index is 865. The molecule has 7 nitrogen and oxygen atoms in total. The third kappa shape index (κ3) is 6.29. The number of anilines is 1. The fourth-order valence-electron chi connectivity index (χ4n) is 1.96. The van der Waals surface area contributed by atoms with E-state index in [1.807, 2.05) is 0 Å². The second-order valence-electron chi connectivity index (χ2n) is 5.20. The van der Waals surface area contributed by atoms with Crippen LogP contribution in [0.4, 0.5) is 5.69 Å². The zero-order chi connectivity index (χ0) is 18.4. The number of nitrogens with two attached hydrogens (primary N) is 1. The number of hydrogen-bond acceptors (Lipinski definition) is 4. The molecule has 0 aliphatic carbocycles. The summed E-state index contributed by atoms with van der Waals surface area (Å²) in [5.74, 6) is -0.699. The normalized spacial score (nSPS) is 11.0. The maximum atomic E-state index is 11.9. The Morgan fingerprint density at radius 3 is 2.12 bits per heavy atom. The predicted octanol–water partition coefficient (Wildman–Crippen LogP) is 1.39. The molecule has 132 valence electrons. The minimum absolute atomic E-state index is 0.0227. The molecule has 2 aromatic carbocycles. The molecule has 2 aromatic rings. The SMILES string of the molecule is NS(=O)(=O)c1ccc(CC(=O)NCC(=O)Nc2ccc(Br)cc2)cc1. The van der Waals surface area contributed by atoms with Gasteiger partial charge in [0.1, 0.15) is 0 Å². The quantitative estimate of drug-likeness (QED) is 0.647. The van der Waals surface area contributed by atoms with Crippen LogP contribution in [-0.2, 0) is 26.0 Å². The largest absolute Gasteiger partial charge is 0.347 e. The van der Waals surface area contributed by atoms with Crippen LogP contribution in [0.5, 0.6) is 0 Å².